The fraction of sp³-hybridized carbons (Fsp3) is 0.235. The summed E-state index contributed by atoms with van der Waals surface area (Å²) in [6.07, 6.45) is 0. The van der Waals surface area contributed by atoms with Crippen molar-refractivity contribution in [1.29, 1.82) is 0 Å². The molecule has 0 aliphatic carbocycles. The van der Waals surface area contributed by atoms with E-state index in [0.717, 1.165) is 5.56 Å². The second-order valence-electron chi connectivity index (χ2n) is 5.29. The molecule has 0 spiro atoms. The van der Waals surface area contributed by atoms with Gasteiger partial charge in [-0.25, -0.2) is 12.7 Å². The summed E-state index contributed by atoms with van der Waals surface area (Å²) >= 11 is 3.31. The molecule has 0 aromatic heterocycles. The van der Waals surface area contributed by atoms with Crippen LogP contribution >= 0.6 is 15.9 Å². The quantitative estimate of drug-likeness (QED) is 0.731. The second kappa shape index (κ2) is 7.45. The van der Waals surface area contributed by atoms with Gasteiger partial charge in [0.25, 0.3) is 15.9 Å². The van der Waals surface area contributed by atoms with Crippen molar-refractivity contribution in [2.24, 2.45) is 0 Å². The molecule has 0 saturated carbocycles. The summed E-state index contributed by atoms with van der Waals surface area (Å²) in [6.45, 7) is 1.85. The largest absolute Gasteiger partial charge is 0.495 e. The van der Waals surface area contributed by atoms with Gasteiger partial charge in [0.1, 0.15) is 16.0 Å². The van der Waals surface area contributed by atoms with Crippen molar-refractivity contribution in [3.8, 4) is 11.5 Å². The van der Waals surface area contributed by atoms with Crippen molar-refractivity contribution >= 4 is 31.9 Å². The third-order valence-corrected chi connectivity index (χ3v) is 6.19. The molecule has 0 aliphatic heterocycles. The van der Waals surface area contributed by atoms with Crippen LogP contribution in [0.3, 0.4) is 0 Å². The Morgan fingerprint density at radius 2 is 1.52 bits per heavy atom. The van der Waals surface area contributed by atoms with E-state index < -0.39 is 15.9 Å². The molecular weight excluding hydrogens is 410 g/mol. The van der Waals surface area contributed by atoms with E-state index in [-0.39, 0.29) is 10.5 Å². The van der Waals surface area contributed by atoms with Crippen LogP contribution < -0.4 is 9.47 Å². The normalized spacial score (nSPS) is 11.1. The van der Waals surface area contributed by atoms with Crippen LogP contribution in [0.4, 0.5) is 0 Å². The van der Waals surface area contributed by atoms with E-state index in [1.165, 1.54) is 45.5 Å². The smallest absolute Gasteiger partial charge is 0.267 e. The van der Waals surface area contributed by atoms with Crippen LogP contribution in [-0.2, 0) is 10.0 Å². The lowest BCUT2D eigenvalue weighted by Crippen LogP contribution is -2.33. The molecule has 25 heavy (non-hydrogen) atoms. The number of halogens is 1. The van der Waals surface area contributed by atoms with Gasteiger partial charge in [0.2, 0.25) is 0 Å². The molecular formula is C17H18BrNO5S. The second-order valence-corrected chi connectivity index (χ2v) is 8.05. The zero-order chi connectivity index (χ0) is 18.8. The molecule has 2 aromatic carbocycles. The fourth-order valence-corrected chi connectivity index (χ4v) is 3.82. The van der Waals surface area contributed by atoms with E-state index in [0.29, 0.717) is 20.3 Å². The van der Waals surface area contributed by atoms with Gasteiger partial charge in [-0.15, -0.1) is 0 Å². The standard InChI is InChI=1S/C17H18BrNO5S/c1-11-5-7-13(8-6-11)25(21,22)19(2)17(20)12-9-14(23-3)16(18)15(10-12)24-4/h5-10H,1-4H3. The number of benzene rings is 2. The van der Waals surface area contributed by atoms with E-state index >= 15 is 0 Å². The molecule has 0 aliphatic rings. The Bertz CT molecular complexity index is 869. The van der Waals surface area contributed by atoms with Gasteiger partial charge in [-0.1, -0.05) is 17.7 Å². The van der Waals surface area contributed by atoms with Crippen LogP contribution in [0.2, 0.25) is 0 Å². The summed E-state index contributed by atoms with van der Waals surface area (Å²) in [5.41, 5.74) is 1.06. The van der Waals surface area contributed by atoms with Crippen molar-refractivity contribution in [3.63, 3.8) is 0 Å². The number of carbonyl (C=O) groups is 1. The lowest BCUT2D eigenvalue weighted by atomic mass is 10.2. The lowest BCUT2D eigenvalue weighted by Gasteiger charge is -2.19. The van der Waals surface area contributed by atoms with Crippen LogP contribution in [0.25, 0.3) is 0 Å². The lowest BCUT2D eigenvalue weighted by molar-refractivity contribution is 0.0882. The first-order chi connectivity index (χ1) is 11.7. The molecule has 0 unspecified atom stereocenters. The Balaban J connectivity index is 2.44. The highest BCUT2D eigenvalue weighted by Gasteiger charge is 2.27. The molecule has 0 heterocycles. The van der Waals surface area contributed by atoms with Gasteiger partial charge >= 0.3 is 0 Å². The summed E-state index contributed by atoms with van der Waals surface area (Å²) in [5, 5.41) is 0. The Labute approximate surface area is 155 Å². The van der Waals surface area contributed by atoms with Crippen LogP contribution in [0.1, 0.15) is 15.9 Å². The minimum absolute atomic E-state index is 0.0463. The molecule has 0 fully saturated rings. The fourth-order valence-electron chi connectivity index (χ4n) is 2.15. The molecule has 6 nitrogen and oxygen atoms in total. The average molecular weight is 428 g/mol. The van der Waals surface area contributed by atoms with Gasteiger partial charge in [-0.3, -0.25) is 4.79 Å². The maximum absolute atomic E-state index is 12.7. The Hall–Kier alpha value is -2.06. The number of ether oxygens (including phenoxy) is 2. The first kappa shape index (κ1) is 19.3. The minimum Gasteiger partial charge on any atom is -0.495 e. The Kier molecular flexibility index (Phi) is 5.74. The van der Waals surface area contributed by atoms with Gasteiger partial charge in [-0.2, -0.15) is 0 Å². The number of hydrogen-bond acceptors (Lipinski definition) is 5. The van der Waals surface area contributed by atoms with Crippen molar-refractivity contribution in [2.75, 3.05) is 21.3 Å². The number of nitrogens with zero attached hydrogens (tertiary/aromatic N) is 1. The highest BCUT2D eigenvalue weighted by atomic mass is 79.9. The summed E-state index contributed by atoms with van der Waals surface area (Å²) in [7, 11) is 0.149. The zero-order valence-corrected chi connectivity index (χ0v) is 16.6. The molecule has 0 atom stereocenters. The van der Waals surface area contributed by atoms with E-state index in [1.54, 1.807) is 12.1 Å². The van der Waals surface area contributed by atoms with Gasteiger partial charge in [0, 0.05) is 12.6 Å². The van der Waals surface area contributed by atoms with Crippen molar-refractivity contribution in [3.05, 3.63) is 52.0 Å². The number of sulfonamides is 1. The van der Waals surface area contributed by atoms with Gasteiger partial charge in [0.15, 0.2) is 0 Å². The predicted octanol–water partition coefficient (Wildman–Crippen LogP) is 3.24. The van der Waals surface area contributed by atoms with Crippen LogP contribution in [0, 0.1) is 6.92 Å². The third kappa shape index (κ3) is 3.80. The van der Waals surface area contributed by atoms with Crippen molar-refractivity contribution < 1.29 is 22.7 Å². The average Bonchev–Trinajstić information content (AvgIpc) is 2.61. The van der Waals surface area contributed by atoms with Crippen LogP contribution in [0.15, 0.2) is 45.8 Å². The molecule has 2 rings (SSSR count). The van der Waals surface area contributed by atoms with Crippen LogP contribution in [-0.4, -0.2) is 39.9 Å². The van der Waals surface area contributed by atoms with E-state index in [2.05, 4.69) is 15.9 Å². The summed E-state index contributed by atoms with van der Waals surface area (Å²) in [6, 6.07) is 9.20. The molecule has 0 radical (unpaired) electrons. The van der Waals surface area contributed by atoms with Crippen molar-refractivity contribution in [2.45, 2.75) is 11.8 Å². The van der Waals surface area contributed by atoms with Gasteiger partial charge in [-0.05, 0) is 47.1 Å². The summed E-state index contributed by atoms with van der Waals surface area (Å²) < 4.78 is 37.0. The molecule has 2 aromatic rings. The number of hydrogen-bond donors (Lipinski definition) is 0. The maximum atomic E-state index is 12.7. The molecule has 134 valence electrons. The predicted molar refractivity (Wildman–Crippen MR) is 97.7 cm³/mol. The van der Waals surface area contributed by atoms with Crippen molar-refractivity contribution in [1.82, 2.24) is 4.31 Å². The zero-order valence-electron chi connectivity index (χ0n) is 14.2. The SMILES string of the molecule is COc1cc(C(=O)N(C)S(=O)(=O)c2ccc(C)cc2)cc(OC)c1Br. The number of aryl methyl sites for hydroxylation is 1. The topological polar surface area (TPSA) is 72.9 Å². The molecule has 0 N–H and O–H groups in total. The number of carbonyl (C=O) groups excluding carboxylic acids is 1. The van der Waals surface area contributed by atoms with Gasteiger partial charge < -0.3 is 9.47 Å². The Morgan fingerprint density at radius 3 is 1.96 bits per heavy atom. The minimum atomic E-state index is -3.96. The Morgan fingerprint density at radius 1 is 1.04 bits per heavy atom. The van der Waals surface area contributed by atoms with Gasteiger partial charge in [0.05, 0.1) is 19.1 Å². The summed E-state index contributed by atoms with van der Waals surface area (Å²) in [4.78, 5) is 12.7. The van der Waals surface area contributed by atoms with Crippen LogP contribution in [0.5, 0.6) is 11.5 Å². The summed E-state index contributed by atoms with van der Waals surface area (Å²) in [5.74, 6) is 0.0392. The van der Waals surface area contributed by atoms with E-state index in [4.69, 9.17) is 9.47 Å². The molecule has 1 amide bonds. The number of methoxy groups -OCH3 is 2. The first-order valence-electron chi connectivity index (χ1n) is 7.23. The molecule has 0 bridgehead atoms. The highest BCUT2D eigenvalue weighted by Crippen LogP contribution is 2.36. The monoisotopic (exact) mass is 427 g/mol. The first-order valence-corrected chi connectivity index (χ1v) is 9.47. The maximum Gasteiger partial charge on any atom is 0.267 e. The molecule has 0 saturated heterocycles. The third-order valence-electron chi connectivity index (χ3n) is 3.66. The number of rotatable bonds is 5. The molecule has 8 heteroatoms. The number of amides is 1. The van der Waals surface area contributed by atoms with E-state index in [1.807, 2.05) is 6.92 Å². The van der Waals surface area contributed by atoms with E-state index in [9.17, 15) is 13.2 Å². The highest BCUT2D eigenvalue weighted by molar-refractivity contribution is 9.10.